The van der Waals surface area contributed by atoms with Gasteiger partial charge in [-0.05, 0) is 24.3 Å². The second kappa shape index (κ2) is 5.23. The Morgan fingerprint density at radius 1 is 1.29 bits per heavy atom. The van der Waals surface area contributed by atoms with E-state index in [0.29, 0.717) is 5.75 Å². The van der Waals surface area contributed by atoms with Crippen LogP contribution in [0.2, 0.25) is 0 Å². The van der Waals surface area contributed by atoms with E-state index in [1.54, 1.807) is 13.8 Å². The van der Waals surface area contributed by atoms with Gasteiger partial charge < -0.3 is 4.74 Å². The standard InChI is InChI=1S/C11H14ClFO3S/c1-11(2,8-17(12,14)15)7-16-10-5-3-9(13)4-6-10/h3-6H,7-8H2,1-2H3. The molecule has 0 unspecified atom stereocenters. The molecule has 0 spiro atoms. The van der Waals surface area contributed by atoms with Crippen LogP contribution in [0.25, 0.3) is 0 Å². The smallest absolute Gasteiger partial charge is 0.233 e. The van der Waals surface area contributed by atoms with E-state index in [-0.39, 0.29) is 18.2 Å². The van der Waals surface area contributed by atoms with Crippen molar-refractivity contribution in [2.45, 2.75) is 13.8 Å². The highest BCUT2D eigenvalue weighted by Gasteiger charge is 2.25. The number of halogens is 2. The van der Waals surface area contributed by atoms with Gasteiger partial charge in [-0.25, -0.2) is 12.8 Å². The van der Waals surface area contributed by atoms with Crippen LogP contribution in [0.4, 0.5) is 4.39 Å². The van der Waals surface area contributed by atoms with Gasteiger partial charge in [-0.15, -0.1) is 0 Å². The highest BCUT2D eigenvalue weighted by atomic mass is 35.7. The molecule has 0 aliphatic heterocycles. The first kappa shape index (κ1) is 14.3. The van der Waals surface area contributed by atoms with Crippen LogP contribution in [0.3, 0.4) is 0 Å². The van der Waals surface area contributed by atoms with Crippen molar-refractivity contribution in [2.75, 3.05) is 12.4 Å². The summed E-state index contributed by atoms with van der Waals surface area (Å²) in [7, 11) is 1.63. The van der Waals surface area contributed by atoms with E-state index >= 15 is 0 Å². The molecule has 0 heterocycles. The molecule has 0 N–H and O–H groups in total. The summed E-state index contributed by atoms with van der Waals surface area (Å²) in [6.45, 7) is 3.65. The van der Waals surface area contributed by atoms with Crippen LogP contribution in [0, 0.1) is 11.2 Å². The maximum Gasteiger partial charge on any atom is 0.233 e. The van der Waals surface area contributed by atoms with Gasteiger partial charge in [-0.3, -0.25) is 0 Å². The first-order valence-electron chi connectivity index (χ1n) is 4.99. The maximum absolute atomic E-state index is 12.6. The zero-order valence-corrected chi connectivity index (χ0v) is 11.2. The Labute approximate surface area is 105 Å². The lowest BCUT2D eigenvalue weighted by atomic mass is 9.98. The molecule has 3 nitrogen and oxygen atoms in total. The molecule has 0 amide bonds. The fourth-order valence-electron chi connectivity index (χ4n) is 1.32. The summed E-state index contributed by atoms with van der Waals surface area (Å²) in [5.41, 5.74) is -0.602. The summed E-state index contributed by atoms with van der Waals surface area (Å²) >= 11 is 0. The number of rotatable bonds is 5. The minimum absolute atomic E-state index is 0.178. The molecular weight excluding hydrogens is 267 g/mol. The number of ether oxygens (including phenoxy) is 1. The minimum atomic E-state index is -3.56. The molecule has 0 aromatic heterocycles. The van der Waals surface area contributed by atoms with Gasteiger partial charge in [0.25, 0.3) is 0 Å². The zero-order chi connectivity index (χ0) is 13.1. The fraction of sp³-hybridized carbons (Fsp3) is 0.455. The van der Waals surface area contributed by atoms with Gasteiger partial charge in [0, 0.05) is 16.1 Å². The molecule has 0 aliphatic carbocycles. The molecule has 6 heteroatoms. The molecule has 0 bridgehead atoms. The molecule has 0 aliphatic rings. The van der Waals surface area contributed by atoms with E-state index in [9.17, 15) is 12.8 Å². The molecule has 1 aromatic carbocycles. The predicted molar refractivity (Wildman–Crippen MR) is 65.3 cm³/mol. The minimum Gasteiger partial charge on any atom is -0.493 e. The lowest BCUT2D eigenvalue weighted by Crippen LogP contribution is -2.28. The SMILES string of the molecule is CC(C)(COc1ccc(F)cc1)CS(=O)(=O)Cl. The second-order valence-corrected chi connectivity index (χ2v) is 7.37. The van der Waals surface area contributed by atoms with Gasteiger partial charge >= 0.3 is 0 Å². The normalized spacial score (nSPS) is 12.5. The van der Waals surface area contributed by atoms with Crippen LogP contribution < -0.4 is 4.74 Å². The summed E-state index contributed by atoms with van der Waals surface area (Å²) in [5, 5.41) is 0. The van der Waals surface area contributed by atoms with Gasteiger partial charge in [0.15, 0.2) is 0 Å². The Morgan fingerprint density at radius 2 is 1.82 bits per heavy atom. The van der Waals surface area contributed by atoms with E-state index in [4.69, 9.17) is 15.4 Å². The molecule has 0 radical (unpaired) electrons. The van der Waals surface area contributed by atoms with Crippen LogP contribution in [-0.4, -0.2) is 20.8 Å². The van der Waals surface area contributed by atoms with Crippen molar-refractivity contribution in [2.24, 2.45) is 5.41 Å². The molecule has 0 atom stereocenters. The van der Waals surface area contributed by atoms with Gasteiger partial charge in [0.05, 0.1) is 12.4 Å². The predicted octanol–water partition coefficient (Wildman–Crippen LogP) is 2.80. The van der Waals surface area contributed by atoms with Crippen LogP contribution in [0.15, 0.2) is 24.3 Å². The quantitative estimate of drug-likeness (QED) is 0.779. The van der Waals surface area contributed by atoms with E-state index in [1.807, 2.05) is 0 Å². The van der Waals surface area contributed by atoms with Crippen molar-refractivity contribution < 1.29 is 17.5 Å². The van der Waals surface area contributed by atoms with E-state index in [2.05, 4.69) is 0 Å². The molecule has 96 valence electrons. The summed E-state index contributed by atoms with van der Waals surface area (Å²) in [6.07, 6.45) is 0. The monoisotopic (exact) mass is 280 g/mol. The summed E-state index contributed by atoms with van der Waals surface area (Å²) in [5.74, 6) is -0.0330. The van der Waals surface area contributed by atoms with Gasteiger partial charge in [-0.2, -0.15) is 0 Å². The highest BCUT2D eigenvalue weighted by Crippen LogP contribution is 2.22. The summed E-state index contributed by atoms with van der Waals surface area (Å²) in [6, 6.07) is 5.53. The maximum atomic E-state index is 12.6. The molecule has 17 heavy (non-hydrogen) atoms. The molecule has 1 rings (SSSR count). The van der Waals surface area contributed by atoms with Gasteiger partial charge in [-0.1, -0.05) is 13.8 Å². The van der Waals surface area contributed by atoms with Crippen molar-refractivity contribution in [3.63, 3.8) is 0 Å². The Balaban J connectivity index is 2.58. The van der Waals surface area contributed by atoms with E-state index in [0.717, 1.165) is 0 Å². The third kappa shape index (κ3) is 5.89. The largest absolute Gasteiger partial charge is 0.493 e. The van der Waals surface area contributed by atoms with E-state index < -0.39 is 14.5 Å². The lowest BCUT2D eigenvalue weighted by Gasteiger charge is -2.22. The molecule has 0 saturated carbocycles. The topological polar surface area (TPSA) is 43.4 Å². The van der Waals surface area contributed by atoms with Crippen molar-refractivity contribution in [1.29, 1.82) is 0 Å². The second-order valence-electron chi connectivity index (χ2n) is 4.59. The van der Waals surface area contributed by atoms with Crippen molar-refractivity contribution in [1.82, 2.24) is 0 Å². The van der Waals surface area contributed by atoms with Crippen molar-refractivity contribution in [3.8, 4) is 5.75 Å². The lowest BCUT2D eigenvalue weighted by molar-refractivity contribution is 0.200. The van der Waals surface area contributed by atoms with Crippen LogP contribution in [-0.2, 0) is 9.05 Å². The van der Waals surface area contributed by atoms with E-state index in [1.165, 1.54) is 24.3 Å². The Morgan fingerprint density at radius 3 is 2.29 bits per heavy atom. The molecule has 1 aromatic rings. The Hall–Kier alpha value is -0.810. The number of hydrogen-bond donors (Lipinski definition) is 0. The van der Waals surface area contributed by atoms with Crippen LogP contribution in [0.5, 0.6) is 5.75 Å². The Bertz CT molecular complexity index is 468. The third-order valence-corrected chi connectivity index (χ3v) is 3.46. The summed E-state index contributed by atoms with van der Waals surface area (Å²) in [4.78, 5) is 0. The van der Waals surface area contributed by atoms with Crippen LogP contribution in [0.1, 0.15) is 13.8 Å². The summed E-state index contributed by atoms with van der Waals surface area (Å²) < 4.78 is 39.9. The van der Waals surface area contributed by atoms with Crippen LogP contribution >= 0.6 is 10.7 Å². The number of benzene rings is 1. The van der Waals surface area contributed by atoms with Crippen molar-refractivity contribution in [3.05, 3.63) is 30.1 Å². The molecule has 0 fully saturated rings. The highest BCUT2D eigenvalue weighted by molar-refractivity contribution is 8.13. The number of hydrogen-bond acceptors (Lipinski definition) is 3. The molecule has 0 saturated heterocycles. The molecular formula is C11H14ClFO3S. The third-order valence-electron chi connectivity index (χ3n) is 2.01. The first-order chi connectivity index (χ1) is 7.68. The Kier molecular flexibility index (Phi) is 4.38. The average Bonchev–Trinajstić information content (AvgIpc) is 2.13. The van der Waals surface area contributed by atoms with Crippen molar-refractivity contribution >= 4 is 19.7 Å². The van der Waals surface area contributed by atoms with Gasteiger partial charge in [0.1, 0.15) is 11.6 Å². The zero-order valence-electron chi connectivity index (χ0n) is 9.61. The first-order valence-corrected chi connectivity index (χ1v) is 7.47. The fourth-order valence-corrected chi connectivity index (χ4v) is 3.22. The van der Waals surface area contributed by atoms with Gasteiger partial charge in [0.2, 0.25) is 9.05 Å². The average molecular weight is 281 g/mol.